The number of carbonyl (C=O) groups is 4. The number of imide groups is 1. The number of fused-ring (bicyclic) bond motifs is 1. The number of carbonyl (C=O) groups excluding carboxylic acids is 4. The molecule has 0 saturated carbocycles. The molecule has 3 amide bonds. The summed E-state index contributed by atoms with van der Waals surface area (Å²) in [7, 11) is 0. The Morgan fingerprint density at radius 1 is 1.00 bits per heavy atom. The molecule has 0 saturated heterocycles. The Balaban J connectivity index is 1.83. The van der Waals surface area contributed by atoms with E-state index in [1.165, 1.54) is 31.2 Å². The number of benzene rings is 2. The van der Waals surface area contributed by atoms with Gasteiger partial charge in [-0.3, -0.25) is 14.4 Å². The van der Waals surface area contributed by atoms with Crippen molar-refractivity contribution in [2.45, 2.75) is 13.8 Å². The number of hydroxylamine groups is 2. The van der Waals surface area contributed by atoms with E-state index < -0.39 is 17.8 Å². The van der Waals surface area contributed by atoms with Crippen molar-refractivity contribution in [2.75, 3.05) is 5.32 Å². The van der Waals surface area contributed by atoms with Gasteiger partial charge in [0, 0.05) is 12.6 Å². The first-order valence-corrected chi connectivity index (χ1v) is 7.47. The van der Waals surface area contributed by atoms with Crippen molar-refractivity contribution in [3.8, 4) is 0 Å². The van der Waals surface area contributed by atoms with E-state index in [2.05, 4.69) is 5.32 Å². The molecule has 1 heterocycles. The highest BCUT2D eigenvalue weighted by Crippen LogP contribution is 2.24. The van der Waals surface area contributed by atoms with Gasteiger partial charge in [0.25, 0.3) is 11.8 Å². The molecule has 0 spiro atoms. The van der Waals surface area contributed by atoms with E-state index in [-0.39, 0.29) is 22.6 Å². The highest BCUT2D eigenvalue weighted by Gasteiger charge is 2.38. The molecule has 7 heteroatoms. The number of rotatable bonds is 3. The third kappa shape index (κ3) is 2.99. The largest absolute Gasteiger partial charge is 0.364 e. The highest BCUT2D eigenvalue weighted by molar-refractivity contribution is 6.21. The van der Waals surface area contributed by atoms with Crippen molar-refractivity contribution in [1.29, 1.82) is 0 Å². The molecule has 0 aliphatic carbocycles. The predicted molar refractivity (Wildman–Crippen MR) is 87.8 cm³/mol. The van der Waals surface area contributed by atoms with Gasteiger partial charge in [-0.2, -0.15) is 0 Å². The fourth-order valence-corrected chi connectivity index (χ4v) is 2.46. The first kappa shape index (κ1) is 16.4. The molecule has 0 radical (unpaired) electrons. The molecule has 0 unspecified atom stereocenters. The molecule has 1 N–H and O–H groups in total. The van der Waals surface area contributed by atoms with Gasteiger partial charge in [-0.25, -0.2) is 4.79 Å². The van der Waals surface area contributed by atoms with Gasteiger partial charge in [-0.1, -0.05) is 23.3 Å². The van der Waals surface area contributed by atoms with Gasteiger partial charge >= 0.3 is 5.97 Å². The maximum absolute atomic E-state index is 12.3. The molecule has 0 bridgehead atoms. The number of hydrogen-bond acceptors (Lipinski definition) is 5. The molecule has 3 rings (SSSR count). The summed E-state index contributed by atoms with van der Waals surface area (Å²) in [5.41, 5.74) is 1.67. The minimum absolute atomic E-state index is 0.103. The lowest BCUT2D eigenvalue weighted by molar-refractivity contribution is -0.114. The van der Waals surface area contributed by atoms with Gasteiger partial charge in [-0.15, -0.1) is 0 Å². The molecule has 0 aromatic heterocycles. The topological polar surface area (TPSA) is 92.8 Å². The van der Waals surface area contributed by atoms with Crippen molar-refractivity contribution < 1.29 is 24.0 Å². The lowest BCUT2D eigenvalue weighted by Crippen LogP contribution is -2.32. The number of nitrogens with zero attached hydrogens (tertiary/aromatic N) is 1. The zero-order chi connectivity index (χ0) is 18.1. The maximum atomic E-state index is 12.3. The molecule has 2 aromatic rings. The third-order valence-electron chi connectivity index (χ3n) is 3.71. The van der Waals surface area contributed by atoms with Gasteiger partial charge < -0.3 is 10.2 Å². The molecular formula is C18H14N2O5. The van der Waals surface area contributed by atoms with Crippen LogP contribution in [-0.4, -0.2) is 28.8 Å². The molecule has 7 nitrogen and oxygen atoms in total. The van der Waals surface area contributed by atoms with E-state index in [1.807, 2.05) is 0 Å². The van der Waals surface area contributed by atoms with Crippen molar-refractivity contribution in [3.63, 3.8) is 0 Å². The predicted octanol–water partition coefficient (Wildman–Crippen LogP) is 2.32. The molecule has 0 fully saturated rings. The van der Waals surface area contributed by atoms with Crippen LogP contribution < -0.4 is 5.32 Å². The van der Waals surface area contributed by atoms with E-state index in [4.69, 9.17) is 4.84 Å². The van der Waals surface area contributed by atoms with Crippen LogP contribution in [0.3, 0.4) is 0 Å². The van der Waals surface area contributed by atoms with Crippen molar-refractivity contribution in [3.05, 3.63) is 64.7 Å². The van der Waals surface area contributed by atoms with Crippen LogP contribution in [0.5, 0.6) is 0 Å². The Morgan fingerprint density at radius 2 is 1.60 bits per heavy atom. The molecule has 25 heavy (non-hydrogen) atoms. The summed E-state index contributed by atoms with van der Waals surface area (Å²) < 4.78 is 0. The number of amides is 3. The summed E-state index contributed by atoms with van der Waals surface area (Å²) in [6.45, 7) is 3.12. The fourth-order valence-electron chi connectivity index (χ4n) is 2.46. The van der Waals surface area contributed by atoms with Gasteiger partial charge in [0.15, 0.2) is 0 Å². The lowest BCUT2D eigenvalue weighted by atomic mass is 10.1. The Morgan fingerprint density at radius 3 is 2.16 bits per heavy atom. The summed E-state index contributed by atoms with van der Waals surface area (Å²) >= 11 is 0. The first-order chi connectivity index (χ1) is 11.9. The summed E-state index contributed by atoms with van der Waals surface area (Å²) in [6, 6.07) is 10.8. The molecule has 0 atom stereocenters. The number of nitrogens with one attached hydrogen (secondary N) is 1. The standard InChI is InChI=1S/C18H14N2O5/c1-10-7-8-12(9-15(10)19-11(2)21)18(24)25-20-16(22)13-5-3-4-6-14(13)17(20)23/h3-9H,1-2H3,(H,19,21). The lowest BCUT2D eigenvalue weighted by Gasteiger charge is -2.14. The second-order valence-electron chi connectivity index (χ2n) is 5.54. The second kappa shape index (κ2) is 6.20. The summed E-state index contributed by atoms with van der Waals surface area (Å²) in [5.74, 6) is -2.54. The zero-order valence-corrected chi connectivity index (χ0v) is 13.5. The van der Waals surface area contributed by atoms with Crippen LogP contribution in [0.4, 0.5) is 5.69 Å². The van der Waals surface area contributed by atoms with E-state index in [9.17, 15) is 19.2 Å². The van der Waals surface area contributed by atoms with E-state index in [0.717, 1.165) is 5.56 Å². The van der Waals surface area contributed by atoms with Crippen LogP contribution >= 0.6 is 0 Å². The Kier molecular flexibility index (Phi) is 4.06. The molecule has 1 aliphatic rings. The monoisotopic (exact) mass is 338 g/mol. The minimum Gasteiger partial charge on any atom is -0.326 e. The smallest absolute Gasteiger partial charge is 0.326 e. The summed E-state index contributed by atoms with van der Waals surface area (Å²) in [6.07, 6.45) is 0. The SMILES string of the molecule is CC(=O)Nc1cc(C(=O)ON2C(=O)c3ccccc3C2=O)ccc1C. The Labute approximate surface area is 143 Å². The first-order valence-electron chi connectivity index (χ1n) is 7.47. The Bertz CT molecular complexity index is 884. The van der Waals surface area contributed by atoms with E-state index in [1.54, 1.807) is 25.1 Å². The third-order valence-corrected chi connectivity index (χ3v) is 3.71. The average Bonchev–Trinajstić information content (AvgIpc) is 2.82. The van der Waals surface area contributed by atoms with Crippen LogP contribution in [0.25, 0.3) is 0 Å². The fraction of sp³-hybridized carbons (Fsp3) is 0.111. The molecule has 2 aromatic carbocycles. The van der Waals surface area contributed by atoms with Gasteiger partial charge in [0.1, 0.15) is 0 Å². The van der Waals surface area contributed by atoms with Crippen LogP contribution in [-0.2, 0) is 9.63 Å². The number of aryl methyl sites for hydroxylation is 1. The Hall–Kier alpha value is -3.48. The van der Waals surface area contributed by atoms with Crippen LogP contribution in [0.15, 0.2) is 42.5 Å². The van der Waals surface area contributed by atoms with Crippen LogP contribution in [0, 0.1) is 6.92 Å². The molecule has 1 aliphatic heterocycles. The quantitative estimate of drug-likeness (QED) is 0.867. The second-order valence-corrected chi connectivity index (χ2v) is 5.54. The van der Waals surface area contributed by atoms with Crippen molar-refractivity contribution >= 4 is 29.4 Å². The van der Waals surface area contributed by atoms with Gasteiger partial charge in [0.05, 0.1) is 16.7 Å². The van der Waals surface area contributed by atoms with E-state index in [0.29, 0.717) is 10.8 Å². The molecular weight excluding hydrogens is 324 g/mol. The minimum atomic E-state index is -0.874. The number of hydrogen-bond donors (Lipinski definition) is 1. The number of anilines is 1. The van der Waals surface area contributed by atoms with E-state index >= 15 is 0 Å². The van der Waals surface area contributed by atoms with Gasteiger partial charge in [-0.05, 0) is 36.8 Å². The summed E-state index contributed by atoms with van der Waals surface area (Å²) in [4.78, 5) is 52.9. The summed E-state index contributed by atoms with van der Waals surface area (Å²) in [5, 5.41) is 3.05. The zero-order valence-electron chi connectivity index (χ0n) is 13.5. The van der Waals surface area contributed by atoms with Crippen LogP contribution in [0.2, 0.25) is 0 Å². The van der Waals surface area contributed by atoms with Gasteiger partial charge in [0.2, 0.25) is 5.91 Å². The highest BCUT2D eigenvalue weighted by atomic mass is 16.7. The van der Waals surface area contributed by atoms with Crippen LogP contribution in [0.1, 0.15) is 43.6 Å². The van der Waals surface area contributed by atoms with Crippen molar-refractivity contribution in [2.24, 2.45) is 0 Å². The average molecular weight is 338 g/mol. The maximum Gasteiger partial charge on any atom is 0.364 e. The molecule has 126 valence electrons. The van der Waals surface area contributed by atoms with Crippen molar-refractivity contribution in [1.82, 2.24) is 5.06 Å². The normalized spacial score (nSPS) is 12.8.